The first-order chi connectivity index (χ1) is 7.16. The number of rotatable bonds is 3. The number of carboxylic acids is 1. The van der Waals surface area contributed by atoms with Crippen LogP contribution < -0.4 is 0 Å². The van der Waals surface area contributed by atoms with Gasteiger partial charge in [0.25, 0.3) is 0 Å². The van der Waals surface area contributed by atoms with Gasteiger partial charge in [0.15, 0.2) is 0 Å². The fourth-order valence-electron chi connectivity index (χ4n) is 1.47. The molecule has 0 amide bonds. The van der Waals surface area contributed by atoms with Crippen molar-refractivity contribution in [1.29, 1.82) is 0 Å². The van der Waals surface area contributed by atoms with Crippen LogP contribution in [0.4, 0.5) is 0 Å². The summed E-state index contributed by atoms with van der Waals surface area (Å²) in [6.45, 7) is 0.482. The largest absolute Gasteiger partial charge is 0.477 e. The zero-order valence-electron chi connectivity index (χ0n) is 8.29. The first-order valence-corrected chi connectivity index (χ1v) is 4.54. The summed E-state index contributed by atoms with van der Waals surface area (Å²) in [6, 6.07) is 5.16. The van der Waals surface area contributed by atoms with Gasteiger partial charge < -0.3 is 9.67 Å². The molecule has 1 N–H and O–H groups in total. The van der Waals surface area contributed by atoms with Crippen LogP contribution in [0.25, 0.3) is 0 Å². The molecule has 2 aromatic heterocycles. The molecule has 5 nitrogen and oxygen atoms in total. The zero-order chi connectivity index (χ0) is 10.8. The molecule has 0 atom stereocenters. The number of hydrogen-bond acceptors (Lipinski definition) is 2. The van der Waals surface area contributed by atoms with E-state index in [2.05, 4.69) is 5.10 Å². The summed E-state index contributed by atoms with van der Waals surface area (Å²) in [5, 5.41) is 13.1. The zero-order valence-corrected chi connectivity index (χ0v) is 8.29. The Labute approximate surface area is 86.6 Å². The Kier molecular flexibility index (Phi) is 2.29. The second kappa shape index (κ2) is 3.61. The van der Waals surface area contributed by atoms with Crippen LogP contribution in [0.3, 0.4) is 0 Å². The predicted octanol–water partition coefficient (Wildman–Crippen LogP) is 0.968. The number of hydrogen-bond donors (Lipinski definition) is 1. The molecule has 0 spiro atoms. The molecule has 0 saturated heterocycles. The highest BCUT2D eigenvalue weighted by Gasteiger charge is 2.09. The Bertz CT molecular complexity index is 484. The molecule has 0 aromatic carbocycles. The molecule has 78 valence electrons. The highest BCUT2D eigenvalue weighted by atomic mass is 16.4. The fourth-order valence-corrected chi connectivity index (χ4v) is 1.47. The molecule has 0 aliphatic heterocycles. The van der Waals surface area contributed by atoms with Crippen molar-refractivity contribution in [2.24, 2.45) is 7.05 Å². The minimum Gasteiger partial charge on any atom is -0.477 e. The van der Waals surface area contributed by atoms with Crippen LogP contribution in [0.2, 0.25) is 0 Å². The molecule has 0 radical (unpaired) electrons. The summed E-state index contributed by atoms with van der Waals surface area (Å²) in [5.41, 5.74) is 1.12. The van der Waals surface area contributed by atoms with E-state index in [0.29, 0.717) is 6.54 Å². The number of carboxylic acid groups (broad SMARTS) is 1. The first kappa shape index (κ1) is 9.51. The van der Waals surface area contributed by atoms with E-state index in [1.807, 2.05) is 19.3 Å². The lowest BCUT2D eigenvalue weighted by Gasteiger charge is -2.02. The van der Waals surface area contributed by atoms with E-state index >= 15 is 0 Å². The van der Waals surface area contributed by atoms with Gasteiger partial charge in [-0.1, -0.05) is 0 Å². The molecular formula is C10H11N3O2. The molecule has 0 unspecified atom stereocenters. The van der Waals surface area contributed by atoms with Gasteiger partial charge >= 0.3 is 5.97 Å². The van der Waals surface area contributed by atoms with E-state index < -0.39 is 5.97 Å². The molecule has 15 heavy (non-hydrogen) atoms. The van der Waals surface area contributed by atoms with Crippen molar-refractivity contribution in [3.63, 3.8) is 0 Å². The molecule has 0 saturated carbocycles. The second-order valence-electron chi connectivity index (χ2n) is 3.31. The molecular weight excluding hydrogens is 194 g/mol. The maximum Gasteiger partial charge on any atom is 0.352 e. The Morgan fingerprint density at radius 1 is 1.47 bits per heavy atom. The van der Waals surface area contributed by atoms with Gasteiger partial charge in [-0.3, -0.25) is 4.68 Å². The van der Waals surface area contributed by atoms with Crippen LogP contribution in [-0.2, 0) is 13.6 Å². The number of nitrogens with zero attached hydrogens (tertiary/aromatic N) is 3. The molecule has 2 aromatic rings. The van der Waals surface area contributed by atoms with E-state index in [9.17, 15) is 4.79 Å². The van der Waals surface area contributed by atoms with Gasteiger partial charge in [-0.2, -0.15) is 5.10 Å². The molecule has 5 heteroatoms. The van der Waals surface area contributed by atoms with E-state index in [0.717, 1.165) is 5.69 Å². The lowest BCUT2D eigenvalue weighted by molar-refractivity contribution is 0.0685. The quantitative estimate of drug-likeness (QED) is 0.812. The van der Waals surface area contributed by atoms with Crippen molar-refractivity contribution in [1.82, 2.24) is 14.3 Å². The normalized spacial score (nSPS) is 10.5. The Morgan fingerprint density at radius 2 is 2.27 bits per heavy atom. The van der Waals surface area contributed by atoms with Crippen molar-refractivity contribution in [3.8, 4) is 0 Å². The van der Waals surface area contributed by atoms with E-state index in [-0.39, 0.29) is 5.69 Å². The van der Waals surface area contributed by atoms with Crippen LogP contribution in [-0.4, -0.2) is 25.4 Å². The molecule has 2 rings (SSSR count). The van der Waals surface area contributed by atoms with Crippen LogP contribution in [0.15, 0.2) is 30.6 Å². The average Bonchev–Trinajstić information content (AvgIpc) is 2.75. The van der Waals surface area contributed by atoms with Gasteiger partial charge in [-0.25, -0.2) is 4.79 Å². The van der Waals surface area contributed by atoms with Crippen molar-refractivity contribution in [2.45, 2.75) is 6.54 Å². The summed E-state index contributed by atoms with van der Waals surface area (Å²) < 4.78 is 3.35. The first-order valence-electron chi connectivity index (χ1n) is 4.54. The molecule has 0 aliphatic carbocycles. The smallest absolute Gasteiger partial charge is 0.352 e. The standard InChI is InChI=1S/C10H11N3O2/c1-12-6-4-8(11-12)7-13-5-2-3-9(13)10(14)15/h2-6H,7H2,1H3,(H,14,15). The highest BCUT2D eigenvalue weighted by molar-refractivity contribution is 5.85. The Balaban J connectivity index is 2.24. The third-order valence-corrected chi connectivity index (χ3v) is 2.15. The van der Waals surface area contributed by atoms with Crippen molar-refractivity contribution in [2.75, 3.05) is 0 Å². The van der Waals surface area contributed by atoms with Gasteiger partial charge in [0.05, 0.1) is 12.2 Å². The maximum absolute atomic E-state index is 10.8. The summed E-state index contributed by atoms with van der Waals surface area (Å²) >= 11 is 0. The number of aromatic carboxylic acids is 1. The SMILES string of the molecule is Cn1ccc(Cn2cccc2C(=O)O)n1. The van der Waals surface area contributed by atoms with Gasteiger partial charge in [0.1, 0.15) is 5.69 Å². The van der Waals surface area contributed by atoms with Crippen molar-refractivity contribution in [3.05, 3.63) is 42.0 Å². The highest BCUT2D eigenvalue weighted by Crippen LogP contribution is 2.06. The van der Waals surface area contributed by atoms with E-state index in [1.54, 1.807) is 27.6 Å². The van der Waals surface area contributed by atoms with Gasteiger partial charge in [-0.05, 0) is 18.2 Å². The van der Waals surface area contributed by atoms with Gasteiger partial charge in [-0.15, -0.1) is 0 Å². The van der Waals surface area contributed by atoms with E-state index in [1.165, 1.54) is 0 Å². The Hall–Kier alpha value is -2.04. The minimum absolute atomic E-state index is 0.278. The minimum atomic E-state index is -0.920. The monoisotopic (exact) mass is 205 g/mol. The fraction of sp³-hybridized carbons (Fsp3) is 0.200. The summed E-state index contributed by atoms with van der Waals surface area (Å²) in [6.07, 6.45) is 3.57. The van der Waals surface area contributed by atoms with E-state index in [4.69, 9.17) is 5.11 Å². The Morgan fingerprint density at radius 3 is 2.87 bits per heavy atom. The topological polar surface area (TPSA) is 60.0 Å². The molecule has 0 fully saturated rings. The van der Waals surface area contributed by atoms with Crippen LogP contribution in [0, 0.1) is 0 Å². The van der Waals surface area contributed by atoms with Crippen LogP contribution in [0.5, 0.6) is 0 Å². The van der Waals surface area contributed by atoms with Crippen LogP contribution in [0.1, 0.15) is 16.2 Å². The number of aromatic nitrogens is 3. The lowest BCUT2D eigenvalue weighted by Crippen LogP contribution is -2.09. The van der Waals surface area contributed by atoms with Crippen molar-refractivity contribution < 1.29 is 9.90 Å². The van der Waals surface area contributed by atoms with Gasteiger partial charge in [0.2, 0.25) is 0 Å². The summed E-state index contributed by atoms with van der Waals surface area (Å²) in [5.74, 6) is -0.920. The summed E-state index contributed by atoms with van der Waals surface area (Å²) in [7, 11) is 1.83. The number of carbonyl (C=O) groups is 1. The van der Waals surface area contributed by atoms with Gasteiger partial charge in [0, 0.05) is 19.4 Å². The second-order valence-corrected chi connectivity index (χ2v) is 3.31. The molecule has 0 aliphatic rings. The number of aryl methyl sites for hydroxylation is 1. The lowest BCUT2D eigenvalue weighted by atomic mass is 10.4. The molecule has 0 bridgehead atoms. The maximum atomic E-state index is 10.8. The van der Waals surface area contributed by atoms with Crippen molar-refractivity contribution >= 4 is 5.97 Å². The third-order valence-electron chi connectivity index (χ3n) is 2.15. The predicted molar refractivity (Wildman–Crippen MR) is 53.7 cm³/mol. The molecule has 2 heterocycles. The third kappa shape index (κ3) is 1.90. The van der Waals surface area contributed by atoms with Crippen LogP contribution >= 0.6 is 0 Å². The average molecular weight is 205 g/mol. The summed E-state index contributed by atoms with van der Waals surface area (Å²) in [4.78, 5) is 10.8.